The van der Waals surface area contributed by atoms with Crippen molar-refractivity contribution in [2.24, 2.45) is 5.41 Å². The molecule has 1 fully saturated rings. The van der Waals surface area contributed by atoms with E-state index >= 15 is 0 Å². The predicted molar refractivity (Wildman–Crippen MR) is 189 cm³/mol. The minimum Gasteiger partial charge on any atom is -0.481 e. The number of carboxylic acid groups (broad SMARTS) is 1. The van der Waals surface area contributed by atoms with Crippen molar-refractivity contribution in [3.05, 3.63) is 112 Å². The van der Waals surface area contributed by atoms with Crippen molar-refractivity contribution in [3.8, 4) is 0 Å². The Balaban J connectivity index is 0.000000409. The molecule has 0 aliphatic heterocycles. The maximum Gasteiger partial charge on any atom is 0.303 e. The van der Waals surface area contributed by atoms with E-state index in [9.17, 15) is 9.90 Å². The van der Waals surface area contributed by atoms with Gasteiger partial charge in [0.1, 0.15) is 0 Å². The summed E-state index contributed by atoms with van der Waals surface area (Å²) in [5.41, 5.74) is 7.37. The Morgan fingerprint density at radius 2 is 1.64 bits per heavy atom. The Hall–Kier alpha value is -3.41. The Kier molecular flexibility index (Phi) is 13.2. The molecule has 0 saturated heterocycles. The van der Waals surface area contributed by atoms with Gasteiger partial charge in [0, 0.05) is 5.39 Å². The second-order valence-corrected chi connectivity index (χ2v) is 12.5. The number of carbonyl (C=O) groups is 1. The first-order chi connectivity index (χ1) is 21.1. The topological polar surface area (TPSA) is 70.4 Å². The zero-order chi connectivity index (χ0) is 32.2. The van der Waals surface area contributed by atoms with Crippen molar-refractivity contribution < 1.29 is 15.0 Å². The molecule has 1 aromatic heterocycles. The second-order valence-electron chi connectivity index (χ2n) is 12.2. The van der Waals surface area contributed by atoms with E-state index in [1.54, 1.807) is 0 Å². The molecule has 1 heterocycles. The standard InChI is InChI=1S/C31H33NO.C6H10O2S.C2H6/c1-23-15-17-27-18-20-28(32-30(27)21-23)19-16-25-11-8-10-24(22-25)9-4-5-12-26-13-6-7-14-29(26)31(2,3)33;7-5(8)3-6(4-9)1-2-6;1-2/h6-8,10-11,13-22,33H,4-5,9,12H2,1-3H3;9H,1-4H2,(H,7,8);1-2H3/b19-16+;;. The van der Waals surface area contributed by atoms with Crippen molar-refractivity contribution in [1.29, 1.82) is 0 Å². The summed E-state index contributed by atoms with van der Waals surface area (Å²) < 4.78 is 0. The molecule has 0 atom stereocenters. The van der Waals surface area contributed by atoms with Crippen LogP contribution in [-0.2, 0) is 23.2 Å². The second kappa shape index (κ2) is 16.6. The van der Waals surface area contributed by atoms with Gasteiger partial charge < -0.3 is 10.2 Å². The van der Waals surface area contributed by atoms with Crippen LogP contribution in [0, 0.1) is 12.3 Å². The summed E-state index contributed by atoms with van der Waals surface area (Å²) in [7, 11) is 0. The molecule has 234 valence electrons. The molecule has 5 rings (SSSR count). The number of hydrogen-bond acceptors (Lipinski definition) is 4. The molecule has 1 saturated carbocycles. The predicted octanol–water partition coefficient (Wildman–Crippen LogP) is 9.70. The van der Waals surface area contributed by atoms with E-state index in [0.29, 0.717) is 6.42 Å². The Morgan fingerprint density at radius 1 is 0.932 bits per heavy atom. The van der Waals surface area contributed by atoms with Crippen molar-refractivity contribution in [2.75, 3.05) is 5.75 Å². The van der Waals surface area contributed by atoms with E-state index in [-0.39, 0.29) is 5.41 Å². The number of rotatable bonds is 11. The van der Waals surface area contributed by atoms with Crippen LogP contribution in [0.1, 0.15) is 93.3 Å². The van der Waals surface area contributed by atoms with Crippen LogP contribution >= 0.6 is 12.6 Å². The lowest BCUT2D eigenvalue weighted by molar-refractivity contribution is -0.138. The van der Waals surface area contributed by atoms with Gasteiger partial charge in [-0.25, -0.2) is 4.98 Å². The van der Waals surface area contributed by atoms with Gasteiger partial charge in [-0.2, -0.15) is 12.6 Å². The molecule has 0 radical (unpaired) electrons. The third kappa shape index (κ3) is 10.9. The molecule has 3 aromatic carbocycles. The van der Waals surface area contributed by atoms with Gasteiger partial charge in [0.05, 0.1) is 23.2 Å². The first kappa shape index (κ1) is 35.1. The highest BCUT2D eigenvalue weighted by Gasteiger charge is 2.42. The molecular formula is C39H49NO3S. The molecule has 5 heteroatoms. The molecule has 0 spiro atoms. The van der Waals surface area contributed by atoms with Gasteiger partial charge in [-0.05, 0) is 116 Å². The third-order valence-electron chi connectivity index (χ3n) is 7.92. The van der Waals surface area contributed by atoms with Gasteiger partial charge in [0.2, 0.25) is 0 Å². The van der Waals surface area contributed by atoms with Crippen LogP contribution in [0.2, 0.25) is 0 Å². The van der Waals surface area contributed by atoms with Crippen LogP contribution in [-0.4, -0.2) is 26.9 Å². The van der Waals surface area contributed by atoms with E-state index in [2.05, 4.69) is 98.4 Å². The fourth-order valence-corrected chi connectivity index (χ4v) is 5.67. The largest absolute Gasteiger partial charge is 0.481 e. The number of benzene rings is 3. The molecule has 0 amide bonds. The molecule has 0 unspecified atom stereocenters. The zero-order valence-electron chi connectivity index (χ0n) is 27.0. The maximum atomic E-state index is 10.4. The summed E-state index contributed by atoms with van der Waals surface area (Å²) in [4.78, 5) is 15.0. The van der Waals surface area contributed by atoms with E-state index in [1.807, 2.05) is 39.8 Å². The number of nitrogens with zero attached hydrogens (tertiary/aromatic N) is 1. The normalized spacial score (nSPS) is 13.5. The Morgan fingerprint density at radius 3 is 2.30 bits per heavy atom. The molecule has 4 nitrogen and oxygen atoms in total. The van der Waals surface area contributed by atoms with Crippen LogP contribution in [0.15, 0.2) is 78.9 Å². The smallest absolute Gasteiger partial charge is 0.303 e. The minimum absolute atomic E-state index is 0.0783. The fraction of sp³-hybridized carbons (Fsp3) is 0.385. The summed E-state index contributed by atoms with van der Waals surface area (Å²) in [6, 6.07) is 27.6. The van der Waals surface area contributed by atoms with Crippen LogP contribution in [0.3, 0.4) is 0 Å². The molecule has 44 heavy (non-hydrogen) atoms. The summed E-state index contributed by atoms with van der Waals surface area (Å²) in [5.74, 6) is 0.0285. The third-order valence-corrected chi connectivity index (χ3v) is 8.59. The Labute approximate surface area is 269 Å². The highest BCUT2D eigenvalue weighted by atomic mass is 32.1. The first-order valence-electron chi connectivity index (χ1n) is 15.8. The average molecular weight is 612 g/mol. The lowest BCUT2D eigenvalue weighted by Gasteiger charge is -2.21. The monoisotopic (exact) mass is 611 g/mol. The van der Waals surface area contributed by atoms with E-state index in [0.717, 1.165) is 61.1 Å². The minimum atomic E-state index is -0.796. The number of thiol groups is 1. The van der Waals surface area contributed by atoms with Gasteiger partial charge >= 0.3 is 5.97 Å². The summed E-state index contributed by atoms with van der Waals surface area (Å²) in [6.07, 6.45) is 10.9. The number of aryl methyl sites for hydroxylation is 3. The number of pyridine rings is 1. The number of aliphatic carboxylic acids is 1. The molecule has 4 aromatic rings. The Bertz CT molecular complexity index is 1530. The lowest BCUT2D eigenvalue weighted by atomic mass is 9.90. The van der Waals surface area contributed by atoms with Gasteiger partial charge in [0.15, 0.2) is 0 Å². The number of hydrogen-bond donors (Lipinski definition) is 3. The number of carboxylic acids is 1. The highest BCUT2D eigenvalue weighted by Crippen LogP contribution is 2.49. The summed E-state index contributed by atoms with van der Waals surface area (Å²) in [6.45, 7) is 9.82. The van der Waals surface area contributed by atoms with Crippen LogP contribution in [0.25, 0.3) is 23.1 Å². The van der Waals surface area contributed by atoms with E-state index < -0.39 is 11.6 Å². The number of aromatic nitrogens is 1. The van der Waals surface area contributed by atoms with Crippen molar-refractivity contribution in [1.82, 2.24) is 4.98 Å². The van der Waals surface area contributed by atoms with Gasteiger partial charge in [-0.1, -0.05) is 86.7 Å². The zero-order valence-corrected chi connectivity index (χ0v) is 27.9. The first-order valence-corrected chi connectivity index (χ1v) is 16.5. The fourth-order valence-electron chi connectivity index (χ4n) is 5.24. The van der Waals surface area contributed by atoms with Crippen molar-refractivity contribution in [3.63, 3.8) is 0 Å². The molecule has 2 N–H and O–H groups in total. The van der Waals surface area contributed by atoms with E-state index in [1.165, 1.54) is 27.6 Å². The van der Waals surface area contributed by atoms with Gasteiger partial charge in [0.25, 0.3) is 0 Å². The molecule has 1 aliphatic carbocycles. The average Bonchev–Trinajstić information content (AvgIpc) is 3.78. The summed E-state index contributed by atoms with van der Waals surface area (Å²) in [5, 5.41) is 20.0. The van der Waals surface area contributed by atoms with Crippen molar-refractivity contribution >= 4 is 41.7 Å². The van der Waals surface area contributed by atoms with Gasteiger partial charge in [-0.3, -0.25) is 4.79 Å². The molecule has 0 bridgehead atoms. The molecule has 1 aliphatic rings. The van der Waals surface area contributed by atoms with Crippen LogP contribution in [0.4, 0.5) is 0 Å². The SMILES string of the molecule is CC.Cc1ccc2ccc(/C=C/c3cccc(CCCCc4ccccc4C(C)(C)O)c3)nc2c1.O=C(O)CC1(CS)CC1. The maximum absolute atomic E-state index is 10.4. The van der Waals surface area contributed by atoms with Crippen LogP contribution in [0.5, 0.6) is 0 Å². The number of unbranched alkanes of at least 4 members (excludes halogenated alkanes) is 1. The molecular weight excluding hydrogens is 563 g/mol. The highest BCUT2D eigenvalue weighted by molar-refractivity contribution is 7.80. The quantitative estimate of drug-likeness (QED) is 0.117. The van der Waals surface area contributed by atoms with E-state index in [4.69, 9.17) is 10.1 Å². The number of aliphatic hydroxyl groups is 1. The lowest BCUT2D eigenvalue weighted by Crippen LogP contribution is -2.17. The number of fused-ring (bicyclic) bond motifs is 1. The van der Waals surface area contributed by atoms with Crippen LogP contribution < -0.4 is 0 Å². The van der Waals surface area contributed by atoms with Gasteiger partial charge in [-0.15, -0.1) is 0 Å². The van der Waals surface area contributed by atoms with Crippen molar-refractivity contribution in [2.45, 2.75) is 85.2 Å². The summed E-state index contributed by atoms with van der Waals surface area (Å²) >= 11 is 4.07.